The van der Waals surface area contributed by atoms with Crippen LogP contribution in [0.3, 0.4) is 0 Å². The van der Waals surface area contributed by atoms with Crippen LogP contribution in [0, 0.1) is 5.82 Å². The molecule has 0 radical (unpaired) electrons. The molecule has 3 aromatic carbocycles. The molecule has 0 saturated carbocycles. The highest BCUT2D eigenvalue weighted by Crippen LogP contribution is 2.30. The second-order valence-electron chi connectivity index (χ2n) is 7.70. The zero-order valence-corrected chi connectivity index (χ0v) is 20.1. The Balaban J connectivity index is 1.49. The highest BCUT2D eigenvalue weighted by atomic mass is 35.5. The summed E-state index contributed by atoms with van der Waals surface area (Å²) in [4.78, 5) is 13.6. The van der Waals surface area contributed by atoms with Crippen molar-refractivity contribution in [3.8, 4) is 5.75 Å². The molecular weight excluding hydrogens is 473 g/mol. The van der Waals surface area contributed by atoms with Gasteiger partial charge in [-0.25, -0.2) is 4.39 Å². The van der Waals surface area contributed by atoms with Crippen molar-refractivity contribution >= 4 is 35.0 Å². The number of hydrogen-bond donors (Lipinski definition) is 1. The van der Waals surface area contributed by atoms with Crippen LogP contribution in [0.5, 0.6) is 5.75 Å². The Kier molecular flexibility index (Phi) is 7.87. The number of amides is 1. The molecule has 8 heteroatoms. The van der Waals surface area contributed by atoms with E-state index in [9.17, 15) is 9.18 Å². The van der Waals surface area contributed by atoms with Crippen molar-refractivity contribution in [2.24, 2.45) is 7.05 Å². The van der Waals surface area contributed by atoms with Gasteiger partial charge in [-0.3, -0.25) is 9.48 Å². The van der Waals surface area contributed by atoms with Crippen LogP contribution in [0.1, 0.15) is 16.7 Å². The number of aryl methyl sites for hydroxylation is 1. The van der Waals surface area contributed by atoms with Crippen molar-refractivity contribution < 1.29 is 13.9 Å². The molecule has 0 fully saturated rings. The Labute approximate surface area is 206 Å². The van der Waals surface area contributed by atoms with E-state index in [0.29, 0.717) is 28.6 Å². The summed E-state index contributed by atoms with van der Waals surface area (Å²) in [6.45, 7) is 0.371. The van der Waals surface area contributed by atoms with E-state index in [1.807, 2.05) is 49.6 Å². The Hall–Kier alpha value is -3.29. The van der Waals surface area contributed by atoms with Gasteiger partial charge in [0.25, 0.3) is 0 Å². The second kappa shape index (κ2) is 11.2. The number of nitrogens with one attached hydrogen (secondary N) is 1. The summed E-state index contributed by atoms with van der Waals surface area (Å²) >= 11 is 7.77. The van der Waals surface area contributed by atoms with E-state index in [4.69, 9.17) is 16.3 Å². The normalized spacial score (nSPS) is 10.8. The molecule has 0 bridgehead atoms. The minimum absolute atomic E-state index is 0.0189. The molecule has 1 N–H and O–H groups in total. The summed E-state index contributed by atoms with van der Waals surface area (Å²) in [5.41, 5.74) is 3.29. The molecule has 4 rings (SSSR count). The average molecular weight is 496 g/mol. The number of ether oxygens (including phenoxy) is 1. The quantitative estimate of drug-likeness (QED) is 0.278. The molecule has 0 aliphatic heterocycles. The van der Waals surface area contributed by atoms with Crippen LogP contribution in [0.15, 0.2) is 84.0 Å². The van der Waals surface area contributed by atoms with Crippen LogP contribution in [0.25, 0.3) is 0 Å². The molecule has 0 saturated heterocycles. The summed E-state index contributed by atoms with van der Waals surface area (Å²) in [5.74, 6) is 0.762. The van der Waals surface area contributed by atoms with Gasteiger partial charge in [0, 0.05) is 34.0 Å². The predicted molar refractivity (Wildman–Crippen MR) is 134 cm³/mol. The first-order valence-electron chi connectivity index (χ1n) is 10.6. The van der Waals surface area contributed by atoms with Crippen LogP contribution >= 0.6 is 23.4 Å². The number of aromatic nitrogens is 2. The smallest absolute Gasteiger partial charge is 0.228 e. The Morgan fingerprint density at radius 3 is 2.71 bits per heavy atom. The number of nitrogens with zero attached hydrogens (tertiary/aromatic N) is 2. The van der Waals surface area contributed by atoms with E-state index < -0.39 is 5.82 Å². The lowest BCUT2D eigenvalue weighted by Crippen LogP contribution is -2.15. The standard InChI is InChI=1S/C26H23ClFN3O2S/c1-31-15-23(14-29-31)33-16-19-7-9-22(13-25(19)34-17-18-5-3-2-4-6-18)30-26(32)12-20-11-21(28)8-10-24(20)27/h2-11,13-15H,12,16-17H2,1H3,(H,30,32). The van der Waals surface area contributed by atoms with Crippen LogP contribution in [-0.4, -0.2) is 15.7 Å². The zero-order valence-electron chi connectivity index (χ0n) is 18.5. The van der Waals surface area contributed by atoms with Gasteiger partial charge in [-0.05, 0) is 41.5 Å². The fourth-order valence-corrected chi connectivity index (χ4v) is 4.53. The molecule has 0 atom stereocenters. The number of benzene rings is 3. The van der Waals surface area contributed by atoms with Gasteiger partial charge in [-0.15, -0.1) is 11.8 Å². The van der Waals surface area contributed by atoms with E-state index in [1.165, 1.54) is 23.8 Å². The summed E-state index contributed by atoms with van der Waals surface area (Å²) in [6.07, 6.45) is 3.46. The first-order chi connectivity index (χ1) is 16.5. The molecule has 34 heavy (non-hydrogen) atoms. The van der Waals surface area contributed by atoms with Crippen molar-refractivity contribution in [1.82, 2.24) is 9.78 Å². The average Bonchev–Trinajstić information content (AvgIpc) is 3.25. The van der Waals surface area contributed by atoms with Crippen LogP contribution in [-0.2, 0) is 30.6 Å². The maximum Gasteiger partial charge on any atom is 0.228 e. The molecule has 0 unspecified atom stereocenters. The Bertz CT molecular complexity index is 1280. The lowest BCUT2D eigenvalue weighted by Gasteiger charge is -2.13. The van der Waals surface area contributed by atoms with Crippen molar-refractivity contribution in [2.45, 2.75) is 23.7 Å². The van der Waals surface area contributed by atoms with E-state index in [2.05, 4.69) is 22.5 Å². The van der Waals surface area contributed by atoms with Crippen LogP contribution in [0.2, 0.25) is 5.02 Å². The molecule has 0 spiro atoms. The topological polar surface area (TPSA) is 56.1 Å². The highest BCUT2D eigenvalue weighted by molar-refractivity contribution is 7.98. The van der Waals surface area contributed by atoms with Crippen molar-refractivity contribution in [2.75, 3.05) is 5.32 Å². The van der Waals surface area contributed by atoms with Gasteiger partial charge in [0.05, 0.1) is 18.8 Å². The largest absolute Gasteiger partial charge is 0.486 e. The molecule has 1 aromatic heterocycles. The third kappa shape index (κ3) is 6.62. The van der Waals surface area contributed by atoms with E-state index in [1.54, 1.807) is 22.6 Å². The summed E-state index contributed by atoms with van der Waals surface area (Å²) in [6, 6.07) is 19.9. The zero-order chi connectivity index (χ0) is 23.9. The Morgan fingerprint density at radius 2 is 1.94 bits per heavy atom. The monoisotopic (exact) mass is 495 g/mol. The molecule has 0 aliphatic carbocycles. The minimum Gasteiger partial charge on any atom is -0.486 e. The van der Waals surface area contributed by atoms with Gasteiger partial charge in [0.2, 0.25) is 5.91 Å². The number of anilines is 1. The maximum atomic E-state index is 13.5. The summed E-state index contributed by atoms with van der Waals surface area (Å²) in [5, 5.41) is 7.38. The summed E-state index contributed by atoms with van der Waals surface area (Å²) < 4.78 is 21.1. The minimum atomic E-state index is -0.426. The molecule has 4 aromatic rings. The van der Waals surface area contributed by atoms with E-state index >= 15 is 0 Å². The molecule has 5 nitrogen and oxygen atoms in total. The van der Waals surface area contributed by atoms with Crippen LogP contribution in [0.4, 0.5) is 10.1 Å². The number of carbonyl (C=O) groups excluding carboxylic acids is 1. The lowest BCUT2D eigenvalue weighted by atomic mass is 10.1. The second-order valence-corrected chi connectivity index (χ2v) is 9.12. The molecule has 174 valence electrons. The Morgan fingerprint density at radius 1 is 1.12 bits per heavy atom. The number of carbonyl (C=O) groups is 1. The van der Waals surface area contributed by atoms with E-state index in [-0.39, 0.29) is 12.3 Å². The summed E-state index contributed by atoms with van der Waals surface area (Å²) in [7, 11) is 1.84. The van der Waals surface area contributed by atoms with Crippen molar-refractivity contribution in [1.29, 1.82) is 0 Å². The lowest BCUT2D eigenvalue weighted by molar-refractivity contribution is -0.115. The molecular formula is C26H23ClFN3O2S. The maximum absolute atomic E-state index is 13.5. The molecule has 0 aliphatic rings. The number of rotatable bonds is 9. The fraction of sp³-hybridized carbons (Fsp3) is 0.154. The molecule has 1 heterocycles. The fourth-order valence-electron chi connectivity index (χ4n) is 3.31. The SMILES string of the molecule is Cn1cc(OCc2ccc(NC(=O)Cc3cc(F)ccc3Cl)cc2SCc2ccccc2)cn1. The number of thioether (sulfide) groups is 1. The van der Waals surface area contributed by atoms with E-state index in [0.717, 1.165) is 16.2 Å². The third-order valence-electron chi connectivity index (χ3n) is 5.02. The van der Waals surface area contributed by atoms with Gasteiger partial charge in [-0.2, -0.15) is 5.10 Å². The first-order valence-corrected chi connectivity index (χ1v) is 12.0. The highest BCUT2D eigenvalue weighted by Gasteiger charge is 2.12. The van der Waals surface area contributed by atoms with Crippen molar-refractivity contribution in [3.63, 3.8) is 0 Å². The van der Waals surface area contributed by atoms with Crippen LogP contribution < -0.4 is 10.1 Å². The van der Waals surface area contributed by atoms with Gasteiger partial charge in [-0.1, -0.05) is 48.0 Å². The number of halogens is 2. The van der Waals surface area contributed by atoms with Gasteiger partial charge in [0.15, 0.2) is 5.75 Å². The number of hydrogen-bond acceptors (Lipinski definition) is 4. The van der Waals surface area contributed by atoms with Gasteiger partial charge >= 0.3 is 0 Å². The first kappa shape index (κ1) is 23.9. The molecule has 1 amide bonds. The van der Waals surface area contributed by atoms with Crippen molar-refractivity contribution in [3.05, 3.63) is 107 Å². The predicted octanol–water partition coefficient (Wildman–Crippen LogP) is 6.27. The van der Waals surface area contributed by atoms with Gasteiger partial charge < -0.3 is 10.1 Å². The van der Waals surface area contributed by atoms with Gasteiger partial charge in [0.1, 0.15) is 12.4 Å². The third-order valence-corrected chi connectivity index (χ3v) is 6.56.